The Labute approximate surface area is 123 Å². The summed E-state index contributed by atoms with van der Waals surface area (Å²) in [4.78, 5) is 26.7. The molecule has 0 radical (unpaired) electrons. The van der Waals surface area contributed by atoms with Crippen molar-refractivity contribution in [2.75, 3.05) is 43.4 Å². The predicted octanol–water partition coefficient (Wildman–Crippen LogP) is 0.646. The number of nitrogens with zero attached hydrogens (tertiary/aromatic N) is 2. The molecular weight excluding hydrogens is 272 g/mol. The molecule has 1 heterocycles. The van der Waals surface area contributed by atoms with E-state index in [4.69, 9.17) is 16.2 Å². The van der Waals surface area contributed by atoms with Gasteiger partial charge in [0.2, 0.25) is 0 Å². The van der Waals surface area contributed by atoms with Gasteiger partial charge in [0, 0.05) is 37.6 Å². The van der Waals surface area contributed by atoms with Gasteiger partial charge in [-0.2, -0.15) is 0 Å². The summed E-state index contributed by atoms with van der Waals surface area (Å²) in [5.74, 6) is -0.542. The van der Waals surface area contributed by atoms with Crippen LogP contribution in [0.5, 0.6) is 0 Å². The van der Waals surface area contributed by atoms with E-state index in [1.807, 2.05) is 6.07 Å². The van der Waals surface area contributed by atoms with E-state index >= 15 is 0 Å². The van der Waals surface area contributed by atoms with Crippen molar-refractivity contribution >= 4 is 23.4 Å². The van der Waals surface area contributed by atoms with Gasteiger partial charge in [-0.05, 0) is 25.1 Å². The number of carbonyl (C=O) groups excluding carboxylic acids is 2. The zero-order chi connectivity index (χ0) is 15.4. The van der Waals surface area contributed by atoms with Crippen molar-refractivity contribution in [3.05, 3.63) is 23.8 Å². The molecule has 0 atom stereocenters. The summed E-state index contributed by atoms with van der Waals surface area (Å²) in [5, 5.41) is 0. The largest absolute Gasteiger partial charge is 0.450 e. The Bertz CT molecular complexity index is 539. The third-order valence-corrected chi connectivity index (χ3v) is 3.47. The minimum absolute atomic E-state index is 0.285. The first-order valence-electron chi connectivity index (χ1n) is 6.89. The summed E-state index contributed by atoms with van der Waals surface area (Å²) in [6, 6.07) is 5.21. The van der Waals surface area contributed by atoms with Crippen LogP contribution >= 0.6 is 0 Å². The second-order valence-electron chi connectivity index (χ2n) is 4.81. The van der Waals surface area contributed by atoms with E-state index in [1.165, 1.54) is 0 Å². The second-order valence-corrected chi connectivity index (χ2v) is 4.81. The molecule has 7 nitrogen and oxygen atoms in total. The van der Waals surface area contributed by atoms with Gasteiger partial charge in [0.15, 0.2) is 0 Å². The topological polar surface area (TPSA) is 102 Å². The molecule has 7 heteroatoms. The highest BCUT2D eigenvalue weighted by Crippen LogP contribution is 2.22. The lowest BCUT2D eigenvalue weighted by Gasteiger charge is -2.35. The van der Waals surface area contributed by atoms with Gasteiger partial charge in [0.25, 0.3) is 5.91 Å². The lowest BCUT2D eigenvalue weighted by Crippen LogP contribution is -2.49. The van der Waals surface area contributed by atoms with E-state index in [0.717, 1.165) is 5.69 Å². The fraction of sp³-hybridized carbons (Fsp3) is 0.429. The van der Waals surface area contributed by atoms with Crippen LogP contribution in [-0.4, -0.2) is 49.7 Å². The summed E-state index contributed by atoms with van der Waals surface area (Å²) >= 11 is 0. The number of anilines is 2. The molecule has 0 unspecified atom stereocenters. The molecule has 4 N–H and O–H groups in total. The molecule has 0 saturated carbocycles. The zero-order valence-electron chi connectivity index (χ0n) is 12.0. The highest BCUT2D eigenvalue weighted by Gasteiger charge is 2.22. The molecule has 1 saturated heterocycles. The fourth-order valence-corrected chi connectivity index (χ4v) is 2.32. The fourth-order valence-electron chi connectivity index (χ4n) is 2.32. The molecule has 0 spiro atoms. The number of amides is 2. The van der Waals surface area contributed by atoms with Crippen LogP contribution < -0.4 is 16.4 Å². The number of piperazine rings is 1. The minimum atomic E-state index is -0.542. The molecule has 0 aliphatic carbocycles. The minimum Gasteiger partial charge on any atom is -0.450 e. The van der Waals surface area contributed by atoms with Crippen LogP contribution in [0.4, 0.5) is 16.2 Å². The van der Waals surface area contributed by atoms with E-state index < -0.39 is 5.91 Å². The highest BCUT2D eigenvalue weighted by molar-refractivity contribution is 5.99. The van der Waals surface area contributed by atoms with Gasteiger partial charge in [0.1, 0.15) is 0 Å². The van der Waals surface area contributed by atoms with E-state index in [0.29, 0.717) is 44.0 Å². The van der Waals surface area contributed by atoms with Crippen molar-refractivity contribution in [2.24, 2.45) is 5.73 Å². The molecule has 114 valence electrons. The second kappa shape index (κ2) is 6.34. The predicted molar refractivity (Wildman–Crippen MR) is 80.2 cm³/mol. The maximum atomic E-state index is 11.6. The number of benzene rings is 1. The van der Waals surface area contributed by atoms with Gasteiger partial charge in [-0.15, -0.1) is 0 Å². The van der Waals surface area contributed by atoms with Crippen molar-refractivity contribution < 1.29 is 14.3 Å². The number of ether oxygens (including phenoxy) is 1. The van der Waals surface area contributed by atoms with Crippen LogP contribution in [0.25, 0.3) is 0 Å². The van der Waals surface area contributed by atoms with Crippen molar-refractivity contribution in [1.29, 1.82) is 0 Å². The van der Waals surface area contributed by atoms with Gasteiger partial charge in [0.05, 0.1) is 12.2 Å². The standard InChI is InChI=1S/C14H20N4O3/c1-2-21-14(20)18-7-5-17(6-8-18)10-3-4-12(15)11(9-10)13(16)19/h3-4,9H,2,5-8,15H2,1H3,(H2,16,19). The lowest BCUT2D eigenvalue weighted by atomic mass is 10.1. The number of nitrogens with two attached hydrogens (primary N) is 2. The third-order valence-electron chi connectivity index (χ3n) is 3.47. The number of nitrogen functional groups attached to an aromatic ring is 1. The quantitative estimate of drug-likeness (QED) is 0.796. The number of hydrogen-bond acceptors (Lipinski definition) is 5. The first-order valence-corrected chi connectivity index (χ1v) is 6.89. The van der Waals surface area contributed by atoms with Crippen molar-refractivity contribution in [2.45, 2.75) is 6.92 Å². The summed E-state index contributed by atoms with van der Waals surface area (Å²) in [6.45, 7) is 4.65. The Morgan fingerprint density at radius 2 is 1.90 bits per heavy atom. The van der Waals surface area contributed by atoms with Gasteiger partial charge < -0.3 is 26.0 Å². The van der Waals surface area contributed by atoms with E-state index in [9.17, 15) is 9.59 Å². The highest BCUT2D eigenvalue weighted by atomic mass is 16.6. The number of carbonyl (C=O) groups is 2. The monoisotopic (exact) mass is 292 g/mol. The van der Waals surface area contributed by atoms with Crippen LogP contribution in [0.1, 0.15) is 17.3 Å². The number of hydrogen-bond donors (Lipinski definition) is 2. The molecule has 1 aromatic rings. The van der Waals surface area contributed by atoms with Crippen molar-refractivity contribution in [3.8, 4) is 0 Å². The maximum absolute atomic E-state index is 11.6. The van der Waals surface area contributed by atoms with Crippen LogP contribution in [0.2, 0.25) is 0 Å². The Balaban J connectivity index is 2.04. The number of rotatable bonds is 3. The molecule has 2 amide bonds. The molecule has 1 aliphatic heterocycles. The SMILES string of the molecule is CCOC(=O)N1CCN(c2ccc(N)c(C(N)=O)c2)CC1. The molecule has 1 fully saturated rings. The Morgan fingerprint density at radius 3 is 2.48 bits per heavy atom. The van der Waals surface area contributed by atoms with Gasteiger partial charge in [-0.25, -0.2) is 4.79 Å². The normalized spacial score (nSPS) is 14.9. The molecule has 2 rings (SSSR count). The van der Waals surface area contributed by atoms with Crippen LogP contribution in [0, 0.1) is 0 Å². The molecule has 0 aromatic heterocycles. The summed E-state index contributed by atoms with van der Waals surface area (Å²) in [7, 11) is 0. The molecular formula is C14H20N4O3. The smallest absolute Gasteiger partial charge is 0.409 e. The molecule has 21 heavy (non-hydrogen) atoms. The number of primary amides is 1. The van der Waals surface area contributed by atoms with Crippen molar-refractivity contribution in [1.82, 2.24) is 4.90 Å². The Morgan fingerprint density at radius 1 is 1.24 bits per heavy atom. The van der Waals surface area contributed by atoms with Crippen LogP contribution in [0.15, 0.2) is 18.2 Å². The third kappa shape index (κ3) is 3.36. The van der Waals surface area contributed by atoms with E-state index in [2.05, 4.69) is 4.90 Å². The lowest BCUT2D eigenvalue weighted by molar-refractivity contribution is 0.100. The van der Waals surface area contributed by atoms with E-state index in [1.54, 1.807) is 24.0 Å². The summed E-state index contributed by atoms with van der Waals surface area (Å²) in [6.07, 6.45) is -0.285. The first kappa shape index (κ1) is 15.0. The van der Waals surface area contributed by atoms with Gasteiger partial charge in [-0.3, -0.25) is 4.79 Å². The zero-order valence-corrected chi connectivity index (χ0v) is 12.0. The summed E-state index contributed by atoms with van der Waals surface area (Å²) in [5.41, 5.74) is 12.6. The average molecular weight is 292 g/mol. The molecule has 1 aliphatic rings. The Kier molecular flexibility index (Phi) is 4.52. The first-order chi connectivity index (χ1) is 10.0. The summed E-state index contributed by atoms with van der Waals surface area (Å²) < 4.78 is 4.98. The van der Waals surface area contributed by atoms with Crippen LogP contribution in [-0.2, 0) is 4.74 Å². The Hall–Kier alpha value is -2.44. The molecule has 0 bridgehead atoms. The average Bonchev–Trinajstić information content (AvgIpc) is 2.48. The van der Waals surface area contributed by atoms with Gasteiger partial charge >= 0.3 is 6.09 Å². The van der Waals surface area contributed by atoms with Gasteiger partial charge in [-0.1, -0.05) is 0 Å². The molecule has 1 aromatic carbocycles. The van der Waals surface area contributed by atoms with E-state index in [-0.39, 0.29) is 6.09 Å². The maximum Gasteiger partial charge on any atom is 0.409 e. The van der Waals surface area contributed by atoms with Crippen molar-refractivity contribution in [3.63, 3.8) is 0 Å². The van der Waals surface area contributed by atoms with Crippen LogP contribution in [0.3, 0.4) is 0 Å².